The lowest BCUT2D eigenvalue weighted by atomic mass is 10.1. The number of hydrogen-bond acceptors (Lipinski definition) is 2. The molecule has 0 unspecified atom stereocenters. The van der Waals surface area contributed by atoms with Crippen LogP contribution in [0.25, 0.3) is 10.8 Å². The Bertz CT molecular complexity index is 556. The third-order valence-electron chi connectivity index (χ3n) is 3.84. The van der Waals surface area contributed by atoms with Crippen LogP contribution in [-0.2, 0) is 4.74 Å². The van der Waals surface area contributed by atoms with Crippen molar-refractivity contribution in [1.82, 2.24) is 0 Å². The van der Waals surface area contributed by atoms with E-state index in [9.17, 15) is 0 Å². The van der Waals surface area contributed by atoms with Crippen LogP contribution in [0.3, 0.4) is 0 Å². The Labute approximate surface area is 148 Å². The minimum Gasteiger partial charge on any atom is -0.494 e. The smallest absolute Gasteiger partial charge is 0.119 e. The number of unbranched alkanes of at least 4 members (excludes halogenated alkanes) is 4. The van der Waals surface area contributed by atoms with Crippen molar-refractivity contribution in [3.63, 3.8) is 0 Å². The van der Waals surface area contributed by atoms with Crippen molar-refractivity contribution in [2.75, 3.05) is 25.2 Å². The summed E-state index contributed by atoms with van der Waals surface area (Å²) in [5.41, 5.74) is 0. The Morgan fingerprint density at radius 1 is 0.696 bits per heavy atom. The zero-order valence-electron chi connectivity index (χ0n) is 13.8. The molecular formula is C20H27BrO2. The van der Waals surface area contributed by atoms with Crippen molar-refractivity contribution in [2.24, 2.45) is 0 Å². The van der Waals surface area contributed by atoms with Crippen LogP contribution in [0.4, 0.5) is 0 Å². The summed E-state index contributed by atoms with van der Waals surface area (Å²) in [6.07, 6.45) is 7.13. The van der Waals surface area contributed by atoms with Crippen LogP contribution in [0.1, 0.15) is 38.5 Å². The standard InChI is InChI=1S/C20H27BrO2/c21-13-5-1-2-6-14-22-15-7-8-16-23-20-12-11-18-9-3-4-10-19(18)17-20/h3-4,9-12,17H,1-2,5-8,13-16H2. The first kappa shape index (κ1) is 18.3. The minimum atomic E-state index is 0.757. The van der Waals surface area contributed by atoms with E-state index in [0.29, 0.717) is 0 Å². The first-order valence-corrected chi connectivity index (χ1v) is 9.77. The van der Waals surface area contributed by atoms with E-state index in [1.165, 1.54) is 36.5 Å². The number of hydrogen-bond donors (Lipinski definition) is 0. The molecule has 0 N–H and O–H groups in total. The van der Waals surface area contributed by atoms with Gasteiger partial charge in [-0.1, -0.05) is 59.1 Å². The highest BCUT2D eigenvalue weighted by Gasteiger charge is 1.97. The summed E-state index contributed by atoms with van der Waals surface area (Å²) >= 11 is 3.45. The van der Waals surface area contributed by atoms with Gasteiger partial charge < -0.3 is 9.47 Å². The van der Waals surface area contributed by atoms with Gasteiger partial charge in [0.15, 0.2) is 0 Å². The molecule has 2 nitrogen and oxygen atoms in total. The predicted octanol–water partition coefficient (Wildman–Crippen LogP) is 5.97. The van der Waals surface area contributed by atoms with Gasteiger partial charge >= 0.3 is 0 Å². The lowest BCUT2D eigenvalue weighted by Gasteiger charge is -2.08. The largest absolute Gasteiger partial charge is 0.494 e. The molecule has 0 heterocycles. The van der Waals surface area contributed by atoms with E-state index in [0.717, 1.165) is 43.7 Å². The van der Waals surface area contributed by atoms with Crippen molar-refractivity contribution in [3.8, 4) is 5.75 Å². The highest BCUT2D eigenvalue weighted by atomic mass is 79.9. The molecule has 0 bridgehead atoms. The summed E-state index contributed by atoms with van der Waals surface area (Å²) in [5.74, 6) is 0.955. The third-order valence-corrected chi connectivity index (χ3v) is 4.41. The van der Waals surface area contributed by atoms with E-state index in [-0.39, 0.29) is 0 Å². The van der Waals surface area contributed by atoms with E-state index < -0.39 is 0 Å². The minimum absolute atomic E-state index is 0.757. The van der Waals surface area contributed by atoms with Crippen LogP contribution in [-0.4, -0.2) is 25.2 Å². The second kappa shape index (κ2) is 11.5. The maximum atomic E-state index is 5.83. The number of alkyl halides is 1. The van der Waals surface area contributed by atoms with E-state index >= 15 is 0 Å². The second-order valence-corrected chi connectivity index (χ2v) is 6.57. The molecule has 0 radical (unpaired) electrons. The molecule has 126 valence electrons. The molecule has 3 heteroatoms. The van der Waals surface area contributed by atoms with E-state index in [2.05, 4.69) is 52.3 Å². The predicted molar refractivity (Wildman–Crippen MR) is 102 cm³/mol. The molecule has 0 atom stereocenters. The number of benzene rings is 2. The fraction of sp³-hybridized carbons (Fsp3) is 0.500. The molecule has 0 spiro atoms. The lowest BCUT2D eigenvalue weighted by Crippen LogP contribution is -2.02. The van der Waals surface area contributed by atoms with Crippen molar-refractivity contribution >= 4 is 26.7 Å². The van der Waals surface area contributed by atoms with Crippen LogP contribution in [0.15, 0.2) is 42.5 Å². The molecule has 0 fully saturated rings. The molecule has 0 amide bonds. The van der Waals surface area contributed by atoms with Crippen molar-refractivity contribution in [1.29, 1.82) is 0 Å². The molecule has 23 heavy (non-hydrogen) atoms. The maximum Gasteiger partial charge on any atom is 0.119 e. The zero-order chi connectivity index (χ0) is 16.2. The molecular weight excluding hydrogens is 352 g/mol. The van der Waals surface area contributed by atoms with Gasteiger partial charge in [0.05, 0.1) is 6.61 Å². The fourth-order valence-electron chi connectivity index (χ4n) is 2.51. The van der Waals surface area contributed by atoms with Gasteiger partial charge in [-0.2, -0.15) is 0 Å². The van der Waals surface area contributed by atoms with Gasteiger partial charge in [-0.15, -0.1) is 0 Å². The molecule has 0 aliphatic heterocycles. The second-order valence-electron chi connectivity index (χ2n) is 5.78. The average molecular weight is 379 g/mol. The molecule has 0 aliphatic carbocycles. The molecule has 0 saturated carbocycles. The van der Waals surface area contributed by atoms with Gasteiger partial charge in [0.2, 0.25) is 0 Å². The molecule has 0 aliphatic rings. The Morgan fingerprint density at radius 3 is 2.22 bits per heavy atom. The summed E-state index contributed by atoms with van der Waals surface area (Å²) in [4.78, 5) is 0. The summed E-state index contributed by atoms with van der Waals surface area (Å²) in [6.45, 7) is 2.50. The molecule has 0 aromatic heterocycles. The topological polar surface area (TPSA) is 18.5 Å². The Hall–Kier alpha value is -1.06. The Balaban J connectivity index is 1.50. The highest BCUT2D eigenvalue weighted by molar-refractivity contribution is 9.09. The van der Waals surface area contributed by atoms with Gasteiger partial charge in [0.1, 0.15) is 5.75 Å². The summed E-state index contributed by atoms with van der Waals surface area (Å²) in [5, 5.41) is 3.60. The van der Waals surface area contributed by atoms with Gasteiger partial charge in [-0.3, -0.25) is 0 Å². The summed E-state index contributed by atoms with van der Waals surface area (Å²) in [7, 11) is 0. The normalized spacial score (nSPS) is 11.0. The van der Waals surface area contributed by atoms with E-state index in [1.807, 2.05) is 6.07 Å². The van der Waals surface area contributed by atoms with Crippen molar-refractivity contribution < 1.29 is 9.47 Å². The molecule has 0 saturated heterocycles. The monoisotopic (exact) mass is 378 g/mol. The number of halogens is 1. The molecule has 2 aromatic rings. The number of rotatable bonds is 12. The van der Waals surface area contributed by atoms with Crippen LogP contribution in [0.5, 0.6) is 5.75 Å². The molecule has 2 aromatic carbocycles. The van der Waals surface area contributed by atoms with Crippen LogP contribution in [0, 0.1) is 0 Å². The van der Waals surface area contributed by atoms with Crippen LogP contribution in [0.2, 0.25) is 0 Å². The molecule has 2 rings (SSSR count). The highest BCUT2D eigenvalue weighted by Crippen LogP contribution is 2.20. The summed E-state index contributed by atoms with van der Waals surface area (Å²) in [6, 6.07) is 14.6. The Kier molecular flexibility index (Phi) is 9.12. The van der Waals surface area contributed by atoms with Gasteiger partial charge in [0, 0.05) is 18.5 Å². The van der Waals surface area contributed by atoms with Crippen molar-refractivity contribution in [2.45, 2.75) is 38.5 Å². The fourth-order valence-corrected chi connectivity index (χ4v) is 2.90. The Morgan fingerprint density at radius 2 is 1.39 bits per heavy atom. The van der Waals surface area contributed by atoms with Gasteiger partial charge in [0.25, 0.3) is 0 Å². The first-order chi connectivity index (χ1) is 11.4. The first-order valence-electron chi connectivity index (χ1n) is 8.65. The number of ether oxygens (including phenoxy) is 2. The number of fused-ring (bicyclic) bond motifs is 1. The van der Waals surface area contributed by atoms with Crippen molar-refractivity contribution in [3.05, 3.63) is 42.5 Å². The maximum absolute atomic E-state index is 5.83. The SMILES string of the molecule is BrCCCCCCOCCCCOc1ccc2ccccc2c1. The zero-order valence-corrected chi connectivity index (χ0v) is 15.4. The lowest BCUT2D eigenvalue weighted by molar-refractivity contribution is 0.122. The summed E-state index contributed by atoms with van der Waals surface area (Å²) < 4.78 is 11.5. The average Bonchev–Trinajstić information content (AvgIpc) is 2.59. The van der Waals surface area contributed by atoms with Crippen LogP contribution < -0.4 is 4.74 Å². The van der Waals surface area contributed by atoms with E-state index in [1.54, 1.807) is 0 Å². The van der Waals surface area contributed by atoms with Gasteiger partial charge in [-0.25, -0.2) is 0 Å². The van der Waals surface area contributed by atoms with Crippen LogP contribution >= 0.6 is 15.9 Å². The van der Waals surface area contributed by atoms with Gasteiger partial charge in [-0.05, 0) is 48.6 Å². The third kappa shape index (κ3) is 7.36. The van der Waals surface area contributed by atoms with E-state index in [4.69, 9.17) is 9.47 Å². The quantitative estimate of drug-likeness (QED) is 0.334.